The molecule has 2 N–H and O–H groups in total. The van der Waals surface area contributed by atoms with Crippen LogP contribution in [0.2, 0.25) is 0 Å². The number of nitrogens with one attached hydrogen (secondary N) is 2. The highest BCUT2D eigenvalue weighted by Gasteiger charge is 2.29. The van der Waals surface area contributed by atoms with Gasteiger partial charge in [-0.15, -0.1) is 0 Å². The molecule has 9 heteroatoms. The first-order valence-electron chi connectivity index (χ1n) is 11.3. The number of fused-ring (bicyclic) bond motifs is 1. The van der Waals surface area contributed by atoms with Gasteiger partial charge in [0.15, 0.2) is 0 Å². The van der Waals surface area contributed by atoms with Crippen molar-refractivity contribution in [3.05, 3.63) is 48.0 Å². The molecule has 0 bridgehead atoms. The van der Waals surface area contributed by atoms with Crippen LogP contribution in [0.4, 0.5) is 11.6 Å². The van der Waals surface area contributed by atoms with Crippen molar-refractivity contribution in [1.82, 2.24) is 15.0 Å². The lowest BCUT2D eigenvalue weighted by Crippen LogP contribution is -2.33. The van der Waals surface area contributed by atoms with Gasteiger partial charge in [-0.3, -0.25) is 4.79 Å². The summed E-state index contributed by atoms with van der Waals surface area (Å²) in [5.74, 6) is 8.19. The van der Waals surface area contributed by atoms with Gasteiger partial charge in [-0.1, -0.05) is 5.92 Å². The Morgan fingerprint density at radius 3 is 2.76 bits per heavy atom. The van der Waals surface area contributed by atoms with Gasteiger partial charge in [-0.05, 0) is 37.0 Å². The van der Waals surface area contributed by atoms with Gasteiger partial charge in [0, 0.05) is 36.1 Å². The summed E-state index contributed by atoms with van der Waals surface area (Å²) >= 11 is 0. The van der Waals surface area contributed by atoms with Gasteiger partial charge < -0.3 is 24.8 Å². The normalized spacial score (nSPS) is 17.5. The Bertz CT molecular complexity index is 1240. The quantitative estimate of drug-likeness (QED) is 0.542. The molecule has 34 heavy (non-hydrogen) atoms. The van der Waals surface area contributed by atoms with Crippen molar-refractivity contribution >= 4 is 28.3 Å². The minimum atomic E-state index is -0.0666. The van der Waals surface area contributed by atoms with Gasteiger partial charge in [0.25, 0.3) is 0 Å². The molecule has 1 aliphatic heterocycles. The van der Waals surface area contributed by atoms with Crippen LogP contribution in [-0.2, 0) is 14.3 Å². The van der Waals surface area contributed by atoms with Crippen LogP contribution in [0.15, 0.2) is 36.8 Å². The zero-order valence-electron chi connectivity index (χ0n) is 18.8. The second-order valence-corrected chi connectivity index (χ2v) is 8.16. The largest absolute Gasteiger partial charge is 0.489 e. The molecule has 4 heterocycles. The predicted octanol–water partition coefficient (Wildman–Crippen LogP) is 2.61. The minimum Gasteiger partial charge on any atom is -0.489 e. The molecule has 0 aromatic carbocycles. The van der Waals surface area contributed by atoms with E-state index < -0.39 is 0 Å². The molecule has 174 valence electrons. The van der Waals surface area contributed by atoms with E-state index in [1.165, 1.54) is 0 Å². The molecule has 1 aliphatic carbocycles. The highest BCUT2D eigenvalue weighted by atomic mass is 16.6. The van der Waals surface area contributed by atoms with Crippen molar-refractivity contribution in [2.24, 2.45) is 5.92 Å². The lowest BCUT2D eigenvalue weighted by molar-refractivity contribution is -0.117. The number of anilines is 2. The zero-order valence-corrected chi connectivity index (χ0v) is 18.8. The maximum atomic E-state index is 12.2. The third-order valence-electron chi connectivity index (χ3n) is 5.59. The van der Waals surface area contributed by atoms with Crippen molar-refractivity contribution in [3.63, 3.8) is 0 Å². The zero-order chi connectivity index (χ0) is 23.3. The molecule has 1 atom stereocenters. The molecule has 0 unspecified atom stereocenters. The fraction of sp³-hybridized carbons (Fsp3) is 0.360. The summed E-state index contributed by atoms with van der Waals surface area (Å²) in [5.41, 5.74) is 1.32. The standard InChI is InChI=1S/C25H25N5O4/c1-26-24-22-13-28-23(30-25(31)16-2-3-16)10-21(22)17(11-29-24)4-5-18-6-7-19(12-27-18)34-15-20-14-32-8-9-33-20/h6-7,10-13,16,20H,2-3,8-9,14-15H2,1H3,(H,26,29)(H,28,30,31)/t20-/m1/s1. The first-order valence-corrected chi connectivity index (χ1v) is 11.3. The number of pyridine rings is 3. The second kappa shape index (κ2) is 10.0. The molecular weight excluding hydrogens is 434 g/mol. The van der Waals surface area contributed by atoms with Crippen LogP contribution in [0.3, 0.4) is 0 Å². The van der Waals surface area contributed by atoms with Crippen LogP contribution < -0.4 is 15.4 Å². The molecular formula is C25H25N5O4. The van der Waals surface area contributed by atoms with E-state index in [1.54, 1.807) is 31.7 Å². The lowest BCUT2D eigenvalue weighted by atomic mass is 10.1. The summed E-state index contributed by atoms with van der Waals surface area (Å²) < 4.78 is 16.7. The number of aromatic nitrogens is 3. The monoisotopic (exact) mass is 459 g/mol. The first kappa shape index (κ1) is 22.1. The third kappa shape index (κ3) is 5.25. The third-order valence-corrected chi connectivity index (χ3v) is 5.59. The van der Waals surface area contributed by atoms with Crippen LogP contribution in [0, 0.1) is 17.8 Å². The number of ether oxygens (including phenoxy) is 3. The number of amides is 1. The fourth-order valence-electron chi connectivity index (χ4n) is 3.57. The predicted molar refractivity (Wildman–Crippen MR) is 127 cm³/mol. The molecule has 5 rings (SSSR count). The minimum absolute atomic E-state index is 0.0106. The summed E-state index contributed by atoms with van der Waals surface area (Å²) in [4.78, 5) is 25.4. The molecule has 1 saturated heterocycles. The number of carbonyl (C=O) groups is 1. The Morgan fingerprint density at radius 2 is 2.03 bits per heavy atom. The number of nitrogens with zero attached hydrogens (tertiary/aromatic N) is 3. The molecule has 0 spiro atoms. The van der Waals surface area contributed by atoms with E-state index >= 15 is 0 Å². The lowest BCUT2D eigenvalue weighted by Gasteiger charge is -2.22. The molecule has 9 nitrogen and oxygen atoms in total. The number of hydrogen-bond donors (Lipinski definition) is 2. The van der Waals surface area contributed by atoms with Crippen molar-refractivity contribution in [1.29, 1.82) is 0 Å². The van der Waals surface area contributed by atoms with E-state index in [0.717, 1.165) is 29.2 Å². The molecule has 1 saturated carbocycles. The second-order valence-electron chi connectivity index (χ2n) is 8.16. The van der Waals surface area contributed by atoms with Crippen molar-refractivity contribution in [2.45, 2.75) is 18.9 Å². The average molecular weight is 460 g/mol. The number of hydrogen-bond acceptors (Lipinski definition) is 8. The van der Waals surface area contributed by atoms with Crippen LogP contribution in [0.1, 0.15) is 24.1 Å². The Balaban J connectivity index is 1.33. The topological polar surface area (TPSA) is 107 Å². The molecule has 2 aliphatic rings. The van der Waals surface area contributed by atoms with Gasteiger partial charge in [0.1, 0.15) is 35.8 Å². The van der Waals surface area contributed by atoms with Gasteiger partial charge in [0.2, 0.25) is 5.91 Å². The highest BCUT2D eigenvalue weighted by Crippen LogP contribution is 2.31. The Kier molecular flexibility index (Phi) is 6.51. The fourth-order valence-corrected chi connectivity index (χ4v) is 3.57. The summed E-state index contributed by atoms with van der Waals surface area (Å²) in [6.45, 7) is 2.16. The molecule has 3 aromatic rings. The summed E-state index contributed by atoms with van der Waals surface area (Å²) in [5, 5.41) is 7.64. The van der Waals surface area contributed by atoms with Crippen molar-refractivity contribution in [3.8, 4) is 17.6 Å². The first-order chi connectivity index (χ1) is 16.7. The van der Waals surface area contributed by atoms with Crippen LogP contribution in [-0.4, -0.2) is 60.4 Å². The smallest absolute Gasteiger partial charge is 0.228 e. The maximum absolute atomic E-state index is 12.2. The van der Waals surface area contributed by atoms with Crippen LogP contribution in [0.5, 0.6) is 5.75 Å². The van der Waals surface area contributed by atoms with E-state index in [2.05, 4.69) is 37.4 Å². The van der Waals surface area contributed by atoms with Crippen molar-refractivity contribution in [2.75, 3.05) is 44.1 Å². The Labute approximate surface area is 197 Å². The van der Waals surface area contributed by atoms with E-state index in [1.807, 2.05) is 12.1 Å². The van der Waals surface area contributed by atoms with Gasteiger partial charge in [0.05, 0.1) is 31.6 Å². The number of rotatable bonds is 6. The highest BCUT2D eigenvalue weighted by molar-refractivity contribution is 5.99. The van der Waals surface area contributed by atoms with Crippen LogP contribution >= 0.6 is 0 Å². The summed E-state index contributed by atoms with van der Waals surface area (Å²) in [7, 11) is 1.80. The van der Waals surface area contributed by atoms with E-state index in [4.69, 9.17) is 14.2 Å². The summed E-state index contributed by atoms with van der Waals surface area (Å²) in [6, 6.07) is 5.47. The van der Waals surface area contributed by atoms with Crippen molar-refractivity contribution < 1.29 is 19.0 Å². The van der Waals surface area contributed by atoms with Gasteiger partial charge in [-0.2, -0.15) is 0 Å². The van der Waals surface area contributed by atoms with Gasteiger partial charge >= 0.3 is 0 Å². The summed E-state index contributed by atoms with van der Waals surface area (Å²) in [6.07, 6.45) is 6.85. The number of carbonyl (C=O) groups excluding carboxylic acids is 1. The van der Waals surface area contributed by atoms with E-state index in [0.29, 0.717) is 49.5 Å². The molecule has 1 amide bonds. The molecule has 3 aromatic heterocycles. The Hall–Kier alpha value is -3.74. The van der Waals surface area contributed by atoms with Gasteiger partial charge in [-0.25, -0.2) is 15.0 Å². The maximum Gasteiger partial charge on any atom is 0.228 e. The molecule has 0 radical (unpaired) electrons. The Morgan fingerprint density at radius 1 is 1.12 bits per heavy atom. The van der Waals surface area contributed by atoms with E-state index in [9.17, 15) is 4.79 Å². The molecule has 2 fully saturated rings. The average Bonchev–Trinajstić information content (AvgIpc) is 3.73. The van der Waals surface area contributed by atoms with E-state index in [-0.39, 0.29) is 17.9 Å². The SMILES string of the molecule is CNc1ncc(C#Cc2ccc(OC[C@H]3COCCO3)cn2)c2cc(NC(=O)C3CC3)ncc12. The van der Waals surface area contributed by atoms with Crippen LogP contribution in [0.25, 0.3) is 10.8 Å².